The second-order valence-corrected chi connectivity index (χ2v) is 8.27. The number of carbonyl (C=O) groups excluding carboxylic acids is 2. The average molecular weight is 444 g/mol. The number of aromatic amines is 1. The number of nitro groups is 1. The van der Waals surface area contributed by atoms with Crippen molar-refractivity contribution in [2.45, 2.75) is 33.7 Å². The van der Waals surface area contributed by atoms with Crippen molar-refractivity contribution in [2.75, 3.05) is 5.32 Å². The Kier molecular flexibility index (Phi) is 5.59. The van der Waals surface area contributed by atoms with Gasteiger partial charge in [0.05, 0.1) is 27.8 Å². The quantitative estimate of drug-likeness (QED) is 0.297. The minimum absolute atomic E-state index is 0.00120. The molecule has 1 aromatic heterocycles. The van der Waals surface area contributed by atoms with Crippen molar-refractivity contribution in [2.24, 2.45) is 0 Å². The molecule has 2 aromatic carbocycles. The maximum Gasteiger partial charge on any atom is 0.293 e. The number of carbonyl (C=O) groups is 2. The van der Waals surface area contributed by atoms with Crippen molar-refractivity contribution in [3.8, 4) is 0 Å². The summed E-state index contributed by atoms with van der Waals surface area (Å²) in [7, 11) is 0. The van der Waals surface area contributed by atoms with E-state index >= 15 is 0 Å². The number of aryl methyl sites for hydroxylation is 2. The highest BCUT2D eigenvalue weighted by Gasteiger charge is 2.27. The summed E-state index contributed by atoms with van der Waals surface area (Å²) in [5.41, 5.74) is 5.41. The standard InChI is InChI=1S/C25H24N4O4/c1-13-5-7-17(8-6-13)15(3)27-24(30)18-9-10-21-19(11-18)20(25(31)28-21)12-22-14(2)23(29(32)33)16(4)26-22/h5-12,15,26H,1-4H3,(H,27,30)(H,28,31)/b20-12-. The number of nitrogens with one attached hydrogen (secondary N) is 3. The lowest BCUT2D eigenvalue weighted by atomic mass is 10.0. The van der Waals surface area contributed by atoms with Crippen LogP contribution in [-0.4, -0.2) is 21.7 Å². The predicted molar refractivity (Wildman–Crippen MR) is 127 cm³/mol. The molecule has 0 saturated heterocycles. The molecule has 1 aliphatic rings. The largest absolute Gasteiger partial charge is 0.353 e. The molecule has 33 heavy (non-hydrogen) atoms. The van der Waals surface area contributed by atoms with Crippen LogP contribution < -0.4 is 10.6 Å². The summed E-state index contributed by atoms with van der Waals surface area (Å²) in [5, 5.41) is 17.1. The van der Waals surface area contributed by atoms with Gasteiger partial charge >= 0.3 is 0 Å². The summed E-state index contributed by atoms with van der Waals surface area (Å²) in [5.74, 6) is -0.586. The van der Waals surface area contributed by atoms with Gasteiger partial charge in [0.15, 0.2) is 0 Å². The first-order chi connectivity index (χ1) is 15.7. The summed E-state index contributed by atoms with van der Waals surface area (Å²) >= 11 is 0. The average Bonchev–Trinajstić information content (AvgIpc) is 3.23. The number of anilines is 1. The Bertz CT molecular complexity index is 1320. The zero-order valence-corrected chi connectivity index (χ0v) is 18.8. The molecule has 2 amide bonds. The van der Waals surface area contributed by atoms with E-state index in [2.05, 4.69) is 15.6 Å². The van der Waals surface area contributed by atoms with Crippen molar-refractivity contribution < 1.29 is 14.5 Å². The Labute approximate surface area is 190 Å². The highest BCUT2D eigenvalue weighted by Crippen LogP contribution is 2.36. The molecule has 0 saturated carbocycles. The molecule has 0 fully saturated rings. The number of hydrogen-bond donors (Lipinski definition) is 3. The number of hydrogen-bond acceptors (Lipinski definition) is 4. The Morgan fingerprint density at radius 1 is 1.12 bits per heavy atom. The summed E-state index contributed by atoms with van der Waals surface area (Å²) in [6.45, 7) is 7.17. The van der Waals surface area contributed by atoms with Gasteiger partial charge in [-0.2, -0.15) is 0 Å². The van der Waals surface area contributed by atoms with Crippen molar-refractivity contribution >= 4 is 34.8 Å². The Morgan fingerprint density at radius 2 is 1.82 bits per heavy atom. The summed E-state index contributed by atoms with van der Waals surface area (Å²) in [4.78, 5) is 39.4. The molecule has 1 unspecified atom stereocenters. The number of H-pyrrole nitrogens is 1. The number of nitrogens with zero attached hydrogens (tertiary/aromatic N) is 1. The lowest BCUT2D eigenvalue weighted by Crippen LogP contribution is -2.26. The smallest absolute Gasteiger partial charge is 0.293 e. The lowest BCUT2D eigenvalue weighted by Gasteiger charge is -2.15. The van der Waals surface area contributed by atoms with E-state index in [9.17, 15) is 19.7 Å². The first-order valence-corrected chi connectivity index (χ1v) is 10.5. The second-order valence-electron chi connectivity index (χ2n) is 8.27. The van der Waals surface area contributed by atoms with E-state index in [1.165, 1.54) is 0 Å². The Morgan fingerprint density at radius 3 is 2.45 bits per heavy atom. The van der Waals surface area contributed by atoms with E-state index in [-0.39, 0.29) is 23.5 Å². The second kappa shape index (κ2) is 8.38. The summed E-state index contributed by atoms with van der Waals surface area (Å²) in [6.07, 6.45) is 1.59. The molecular formula is C25H24N4O4. The number of benzene rings is 2. The molecule has 0 aliphatic carbocycles. The van der Waals surface area contributed by atoms with Crippen LogP contribution in [0.5, 0.6) is 0 Å². The molecule has 3 aromatic rings. The van der Waals surface area contributed by atoms with Crippen LogP contribution in [-0.2, 0) is 4.79 Å². The van der Waals surface area contributed by atoms with Gasteiger partial charge in [-0.1, -0.05) is 29.8 Å². The van der Waals surface area contributed by atoms with Crippen LogP contribution in [0.4, 0.5) is 11.4 Å². The maximum absolute atomic E-state index is 12.9. The van der Waals surface area contributed by atoms with Crippen LogP contribution in [0.25, 0.3) is 11.6 Å². The van der Waals surface area contributed by atoms with Crippen molar-refractivity contribution in [1.29, 1.82) is 0 Å². The molecule has 3 N–H and O–H groups in total. The van der Waals surface area contributed by atoms with Crippen LogP contribution in [0.1, 0.15) is 57.0 Å². The molecule has 0 spiro atoms. The fourth-order valence-electron chi connectivity index (χ4n) is 4.02. The molecule has 4 rings (SSSR count). The normalized spacial score (nSPS) is 14.7. The molecular weight excluding hydrogens is 420 g/mol. The Hall–Kier alpha value is -4.20. The first-order valence-electron chi connectivity index (χ1n) is 10.5. The van der Waals surface area contributed by atoms with Crippen molar-refractivity contribution in [3.63, 3.8) is 0 Å². The molecule has 2 heterocycles. The minimum atomic E-state index is -0.441. The zero-order chi connectivity index (χ0) is 23.9. The fourth-order valence-corrected chi connectivity index (χ4v) is 4.02. The van der Waals surface area contributed by atoms with Crippen LogP contribution in [0, 0.1) is 30.9 Å². The summed E-state index contributed by atoms with van der Waals surface area (Å²) < 4.78 is 0. The third-order valence-corrected chi connectivity index (χ3v) is 5.90. The van der Waals surface area contributed by atoms with Gasteiger partial charge in [0.2, 0.25) is 0 Å². The predicted octanol–water partition coefficient (Wildman–Crippen LogP) is 4.83. The van der Waals surface area contributed by atoms with Gasteiger partial charge in [-0.05, 0) is 57.5 Å². The van der Waals surface area contributed by atoms with Crippen LogP contribution in [0.15, 0.2) is 42.5 Å². The van der Waals surface area contributed by atoms with Gasteiger partial charge in [-0.25, -0.2) is 0 Å². The maximum atomic E-state index is 12.9. The molecule has 8 heteroatoms. The lowest BCUT2D eigenvalue weighted by molar-refractivity contribution is -0.385. The minimum Gasteiger partial charge on any atom is -0.353 e. The van der Waals surface area contributed by atoms with Gasteiger partial charge in [0.25, 0.3) is 17.5 Å². The molecule has 1 aliphatic heterocycles. The SMILES string of the molecule is Cc1ccc(C(C)NC(=O)c2ccc3c(c2)/C(=C/c2[nH]c(C)c([N+](=O)[O-])c2C)C(=O)N3)cc1. The van der Waals surface area contributed by atoms with E-state index in [1.807, 2.05) is 38.1 Å². The van der Waals surface area contributed by atoms with Gasteiger partial charge in [0.1, 0.15) is 0 Å². The number of aromatic nitrogens is 1. The van der Waals surface area contributed by atoms with Crippen LogP contribution in [0.3, 0.4) is 0 Å². The van der Waals surface area contributed by atoms with Crippen molar-refractivity contribution in [3.05, 3.63) is 91.8 Å². The first kappa shape index (κ1) is 22.0. The zero-order valence-electron chi connectivity index (χ0n) is 18.8. The molecule has 8 nitrogen and oxygen atoms in total. The molecule has 0 bridgehead atoms. The fraction of sp³-hybridized carbons (Fsp3) is 0.200. The summed E-state index contributed by atoms with van der Waals surface area (Å²) in [6, 6.07) is 12.8. The van der Waals surface area contributed by atoms with E-state index in [4.69, 9.17) is 0 Å². The van der Waals surface area contributed by atoms with Gasteiger partial charge in [-0.3, -0.25) is 19.7 Å². The van der Waals surface area contributed by atoms with Gasteiger partial charge < -0.3 is 15.6 Å². The van der Waals surface area contributed by atoms with E-state index in [0.29, 0.717) is 39.3 Å². The molecule has 1 atom stereocenters. The van der Waals surface area contributed by atoms with E-state index < -0.39 is 4.92 Å². The van der Waals surface area contributed by atoms with Gasteiger partial charge in [0, 0.05) is 22.5 Å². The Balaban J connectivity index is 1.64. The molecule has 168 valence electrons. The third-order valence-electron chi connectivity index (χ3n) is 5.90. The molecule has 0 radical (unpaired) electrons. The highest BCUT2D eigenvalue weighted by molar-refractivity contribution is 6.35. The number of fused-ring (bicyclic) bond motifs is 1. The van der Waals surface area contributed by atoms with Crippen LogP contribution >= 0.6 is 0 Å². The van der Waals surface area contributed by atoms with Crippen molar-refractivity contribution in [1.82, 2.24) is 10.3 Å². The monoisotopic (exact) mass is 444 g/mol. The number of amides is 2. The highest BCUT2D eigenvalue weighted by atomic mass is 16.6. The topological polar surface area (TPSA) is 117 Å². The number of rotatable bonds is 5. The third kappa shape index (κ3) is 4.15. The van der Waals surface area contributed by atoms with E-state index in [0.717, 1.165) is 11.1 Å². The van der Waals surface area contributed by atoms with Gasteiger partial charge in [-0.15, -0.1) is 0 Å². The van der Waals surface area contributed by atoms with E-state index in [1.54, 1.807) is 38.1 Å². The van der Waals surface area contributed by atoms with Crippen LogP contribution in [0.2, 0.25) is 0 Å².